The first kappa shape index (κ1) is 22.9. The smallest absolute Gasteiger partial charge is 0.338 e. The molecule has 0 aliphatic rings. The molecule has 32 heavy (non-hydrogen) atoms. The molecule has 0 unspecified atom stereocenters. The van der Waals surface area contributed by atoms with E-state index in [1.807, 2.05) is 0 Å². The number of hydrogen-bond donors (Lipinski definition) is 2. The Morgan fingerprint density at radius 2 is 1.69 bits per heavy atom. The van der Waals surface area contributed by atoms with Crippen molar-refractivity contribution >= 4 is 45.6 Å². The van der Waals surface area contributed by atoms with Crippen LogP contribution in [0.2, 0.25) is 0 Å². The van der Waals surface area contributed by atoms with Crippen LogP contribution in [-0.2, 0) is 9.53 Å². The van der Waals surface area contributed by atoms with Crippen LogP contribution < -0.4 is 16.4 Å². The summed E-state index contributed by atoms with van der Waals surface area (Å²) in [5.41, 5.74) is 12.6. The highest BCUT2D eigenvalue weighted by atomic mass is 32.1. The molecule has 166 valence electrons. The fourth-order valence-electron chi connectivity index (χ4n) is 2.92. The zero-order valence-corrected chi connectivity index (χ0v) is 18.2. The number of amides is 1. The number of carbonyl (C=O) groups is 3. The second-order valence-electron chi connectivity index (χ2n) is 6.76. The number of esters is 1. The van der Waals surface area contributed by atoms with Crippen LogP contribution in [0.3, 0.4) is 0 Å². The second-order valence-corrected chi connectivity index (χ2v) is 7.74. The number of nitrogens with zero attached hydrogens (tertiary/aromatic N) is 2. The summed E-state index contributed by atoms with van der Waals surface area (Å²) in [4.78, 5) is 42.6. The highest BCUT2D eigenvalue weighted by molar-refractivity contribution is 7.18. The van der Waals surface area contributed by atoms with Crippen LogP contribution in [0, 0.1) is 5.82 Å². The van der Waals surface area contributed by atoms with Gasteiger partial charge in [-0.25, -0.2) is 14.2 Å². The van der Waals surface area contributed by atoms with E-state index in [1.54, 1.807) is 13.8 Å². The Labute approximate surface area is 187 Å². The molecule has 10 heteroatoms. The maximum Gasteiger partial charge on any atom is 0.338 e. The number of primary amides is 1. The van der Waals surface area contributed by atoms with Gasteiger partial charge in [0.1, 0.15) is 22.6 Å². The number of nitrogen functional groups attached to an aromatic ring is 1. The lowest BCUT2D eigenvalue weighted by Crippen LogP contribution is -2.39. The molecule has 0 aliphatic carbocycles. The second kappa shape index (κ2) is 9.56. The van der Waals surface area contributed by atoms with Crippen LogP contribution in [0.1, 0.15) is 39.4 Å². The minimum absolute atomic E-state index is 0.0201. The number of aromatic nitrogens is 1. The molecule has 3 aromatic rings. The van der Waals surface area contributed by atoms with Gasteiger partial charge in [0.2, 0.25) is 11.7 Å². The number of benzene rings is 2. The van der Waals surface area contributed by atoms with Crippen LogP contribution in [-0.4, -0.2) is 35.3 Å². The Hall–Kier alpha value is -3.79. The van der Waals surface area contributed by atoms with Gasteiger partial charge in [-0.3, -0.25) is 9.59 Å². The van der Waals surface area contributed by atoms with Crippen molar-refractivity contribution in [2.45, 2.75) is 19.9 Å². The molecule has 0 aliphatic heterocycles. The van der Waals surface area contributed by atoms with Crippen LogP contribution in [0.5, 0.6) is 0 Å². The predicted octanol–water partition coefficient (Wildman–Crippen LogP) is 3.28. The molecular formula is C22H21FN4O4S. The number of anilines is 3. The quantitative estimate of drug-likeness (QED) is 0.393. The van der Waals surface area contributed by atoms with E-state index < -0.39 is 29.5 Å². The Balaban J connectivity index is 1.95. The van der Waals surface area contributed by atoms with Crippen molar-refractivity contribution in [1.29, 1.82) is 0 Å². The minimum atomic E-state index is -0.835. The molecule has 0 fully saturated rings. The highest BCUT2D eigenvalue weighted by Gasteiger charge is 2.27. The molecule has 0 radical (unpaired) electrons. The van der Waals surface area contributed by atoms with Crippen molar-refractivity contribution in [3.05, 3.63) is 70.4 Å². The molecule has 0 saturated heterocycles. The van der Waals surface area contributed by atoms with Gasteiger partial charge in [-0.15, -0.1) is 0 Å². The van der Waals surface area contributed by atoms with Crippen LogP contribution in [0.4, 0.5) is 21.0 Å². The molecule has 4 N–H and O–H groups in total. The normalized spacial score (nSPS) is 11.6. The molecule has 8 nitrogen and oxygen atoms in total. The summed E-state index contributed by atoms with van der Waals surface area (Å²) in [5.74, 6) is -1.98. The lowest BCUT2D eigenvalue weighted by molar-refractivity contribution is -0.118. The maximum absolute atomic E-state index is 13.4. The average Bonchev–Trinajstić information content (AvgIpc) is 3.15. The lowest BCUT2D eigenvalue weighted by Gasteiger charge is -2.26. The van der Waals surface area contributed by atoms with Crippen molar-refractivity contribution < 1.29 is 23.5 Å². The first-order chi connectivity index (χ1) is 15.2. The van der Waals surface area contributed by atoms with Gasteiger partial charge in [0, 0.05) is 11.3 Å². The van der Waals surface area contributed by atoms with Gasteiger partial charge in [0.05, 0.1) is 12.2 Å². The van der Waals surface area contributed by atoms with Gasteiger partial charge in [-0.1, -0.05) is 23.5 Å². The van der Waals surface area contributed by atoms with E-state index in [0.717, 1.165) is 11.3 Å². The third kappa shape index (κ3) is 4.75. The van der Waals surface area contributed by atoms with Gasteiger partial charge in [0.15, 0.2) is 5.13 Å². The van der Waals surface area contributed by atoms with E-state index in [-0.39, 0.29) is 22.4 Å². The molecule has 0 spiro atoms. The molecule has 1 heterocycles. The van der Waals surface area contributed by atoms with Gasteiger partial charge >= 0.3 is 5.97 Å². The van der Waals surface area contributed by atoms with E-state index in [9.17, 15) is 18.8 Å². The first-order valence-electron chi connectivity index (χ1n) is 9.65. The molecule has 1 amide bonds. The van der Waals surface area contributed by atoms with E-state index in [0.29, 0.717) is 16.8 Å². The molecule has 0 saturated carbocycles. The predicted molar refractivity (Wildman–Crippen MR) is 120 cm³/mol. The largest absolute Gasteiger partial charge is 0.462 e. The van der Waals surface area contributed by atoms with Gasteiger partial charge < -0.3 is 21.1 Å². The van der Waals surface area contributed by atoms with Crippen molar-refractivity contribution in [2.24, 2.45) is 5.73 Å². The maximum atomic E-state index is 13.4. The average molecular weight is 456 g/mol. The van der Waals surface area contributed by atoms with Gasteiger partial charge in [-0.2, -0.15) is 0 Å². The van der Waals surface area contributed by atoms with Crippen molar-refractivity contribution in [1.82, 2.24) is 4.98 Å². The number of nitrogens with two attached hydrogens (primary N) is 2. The number of ketones is 1. The Bertz CT molecular complexity index is 1150. The third-order valence-corrected chi connectivity index (χ3v) is 5.69. The Kier molecular flexibility index (Phi) is 6.84. The summed E-state index contributed by atoms with van der Waals surface area (Å²) >= 11 is 0.981. The summed E-state index contributed by atoms with van der Waals surface area (Å²) in [6.07, 6.45) is 0. The molecule has 3 rings (SSSR count). The minimum Gasteiger partial charge on any atom is -0.462 e. The molecule has 1 atom stereocenters. The number of halogens is 1. The highest BCUT2D eigenvalue weighted by Crippen LogP contribution is 2.36. The lowest BCUT2D eigenvalue weighted by atomic mass is 10.1. The molecule has 2 aromatic carbocycles. The first-order valence-corrected chi connectivity index (χ1v) is 10.5. The van der Waals surface area contributed by atoms with Gasteiger partial charge in [-0.05, 0) is 50.2 Å². The molecular weight excluding hydrogens is 435 g/mol. The SMILES string of the molecule is CCOC(=O)c1ccc(C(=O)c2sc(N(c3ccc(F)cc3)[C@H](C)C(N)=O)nc2N)cc1. The number of carbonyl (C=O) groups excluding carboxylic acids is 3. The number of hydrogen-bond acceptors (Lipinski definition) is 8. The summed E-state index contributed by atoms with van der Waals surface area (Å²) in [6, 6.07) is 10.6. The van der Waals surface area contributed by atoms with E-state index in [4.69, 9.17) is 16.2 Å². The zero-order valence-electron chi connectivity index (χ0n) is 17.4. The summed E-state index contributed by atoms with van der Waals surface area (Å²) in [7, 11) is 0. The van der Waals surface area contributed by atoms with Crippen molar-refractivity contribution in [3.63, 3.8) is 0 Å². The number of rotatable bonds is 8. The van der Waals surface area contributed by atoms with Crippen LogP contribution in [0.25, 0.3) is 0 Å². The summed E-state index contributed by atoms with van der Waals surface area (Å²) in [5, 5.41) is 0.256. The Morgan fingerprint density at radius 1 is 1.09 bits per heavy atom. The fourth-order valence-corrected chi connectivity index (χ4v) is 3.97. The third-order valence-electron chi connectivity index (χ3n) is 4.62. The topological polar surface area (TPSA) is 129 Å². The van der Waals surface area contributed by atoms with E-state index >= 15 is 0 Å². The standard InChI is InChI=1S/C22H21FN4O4S/c1-3-31-21(30)14-6-4-13(5-7-14)17(28)18-19(24)26-22(32-18)27(12(2)20(25)29)16-10-8-15(23)9-11-16/h4-12H,3,24H2,1-2H3,(H2,25,29)/t12-/m1/s1. The number of thiazole rings is 1. The van der Waals surface area contributed by atoms with E-state index in [2.05, 4.69) is 4.98 Å². The van der Waals surface area contributed by atoms with Crippen LogP contribution in [0.15, 0.2) is 48.5 Å². The van der Waals surface area contributed by atoms with Crippen molar-refractivity contribution in [2.75, 3.05) is 17.2 Å². The zero-order chi connectivity index (χ0) is 23.4. The molecule has 0 bridgehead atoms. The summed E-state index contributed by atoms with van der Waals surface area (Å²) in [6.45, 7) is 3.52. The van der Waals surface area contributed by atoms with Crippen LogP contribution >= 0.6 is 11.3 Å². The van der Waals surface area contributed by atoms with Crippen molar-refractivity contribution in [3.8, 4) is 0 Å². The monoisotopic (exact) mass is 456 g/mol. The number of ether oxygens (including phenoxy) is 1. The fraction of sp³-hybridized carbons (Fsp3) is 0.182. The van der Waals surface area contributed by atoms with E-state index in [1.165, 1.54) is 53.4 Å². The summed E-state index contributed by atoms with van der Waals surface area (Å²) < 4.78 is 18.3. The Morgan fingerprint density at radius 3 is 2.25 bits per heavy atom. The van der Waals surface area contributed by atoms with Gasteiger partial charge in [0.25, 0.3) is 0 Å². The molecule has 1 aromatic heterocycles.